The summed E-state index contributed by atoms with van der Waals surface area (Å²) in [5.41, 5.74) is 0. The molecular weight excluding hydrogens is 182 g/mol. The summed E-state index contributed by atoms with van der Waals surface area (Å²) in [6, 6.07) is 3.75. The van der Waals surface area contributed by atoms with Crippen LogP contribution in [0.3, 0.4) is 0 Å². The highest BCUT2D eigenvalue weighted by Crippen LogP contribution is 1.99. The lowest BCUT2D eigenvalue weighted by molar-refractivity contribution is -0.140. The molecule has 14 heavy (non-hydrogen) atoms. The molecule has 4 heteroatoms. The minimum Gasteiger partial charge on any atom is -0.481 e. The van der Waals surface area contributed by atoms with Crippen LogP contribution in [0, 0.1) is 5.92 Å². The summed E-state index contributed by atoms with van der Waals surface area (Å²) in [4.78, 5) is 10.5. The highest BCUT2D eigenvalue weighted by Gasteiger charge is 2.09. The number of hydrogen-bond acceptors (Lipinski definition) is 3. The molecule has 1 heterocycles. The van der Waals surface area contributed by atoms with Crippen molar-refractivity contribution in [2.45, 2.75) is 13.3 Å². The third-order valence-corrected chi connectivity index (χ3v) is 2.00. The lowest BCUT2D eigenvalue weighted by Gasteiger charge is -2.06. The topological polar surface area (TPSA) is 62.5 Å². The van der Waals surface area contributed by atoms with Crippen LogP contribution in [0.4, 0.5) is 0 Å². The standard InChI is InChI=1S/C10H15NO3/c1-8(10(12)13)7-11-5-4-9-3-2-6-14-9/h2-3,6,8,11H,4-5,7H2,1H3,(H,12,13). The van der Waals surface area contributed by atoms with Crippen molar-refractivity contribution < 1.29 is 14.3 Å². The Hall–Kier alpha value is -1.29. The number of hydrogen-bond donors (Lipinski definition) is 2. The molecule has 0 fully saturated rings. The van der Waals surface area contributed by atoms with Crippen LogP contribution in [0.5, 0.6) is 0 Å². The molecule has 0 aliphatic carbocycles. The maximum Gasteiger partial charge on any atom is 0.307 e. The Morgan fingerprint density at radius 3 is 3.07 bits per heavy atom. The normalized spacial score (nSPS) is 12.6. The van der Waals surface area contributed by atoms with Gasteiger partial charge in [-0.15, -0.1) is 0 Å². The van der Waals surface area contributed by atoms with Gasteiger partial charge in [0.2, 0.25) is 0 Å². The number of furan rings is 1. The molecular formula is C10H15NO3. The fraction of sp³-hybridized carbons (Fsp3) is 0.500. The van der Waals surface area contributed by atoms with Gasteiger partial charge in [-0.1, -0.05) is 6.92 Å². The summed E-state index contributed by atoms with van der Waals surface area (Å²) in [7, 11) is 0. The first kappa shape index (κ1) is 10.8. The Bertz CT molecular complexity index is 269. The van der Waals surface area contributed by atoms with Crippen molar-refractivity contribution in [3.8, 4) is 0 Å². The van der Waals surface area contributed by atoms with Crippen LogP contribution in [0.1, 0.15) is 12.7 Å². The molecule has 0 radical (unpaired) electrons. The lowest BCUT2D eigenvalue weighted by atomic mass is 10.2. The van der Waals surface area contributed by atoms with Gasteiger partial charge in [-0.25, -0.2) is 0 Å². The second-order valence-electron chi connectivity index (χ2n) is 3.27. The van der Waals surface area contributed by atoms with Gasteiger partial charge in [0.1, 0.15) is 5.76 Å². The maximum absolute atomic E-state index is 10.5. The molecule has 2 N–H and O–H groups in total. The van der Waals surface area contributed by atoms with E-state index in [-0.39, 0.29) is 5.92 Å². The van der Waals surface area contributed by atoms with Gasteiger partial charge in [0.05, 0.1) is 12.2 Å². The minimum atomic E-state index is -0.768. The van der Waals surface area contributed by atoms with E-state index in [1.807, 2.05) is 12.1 Å². The number of rotatable bonds is 6. The number of aliphatic carboxylic acids is 1. The SMILES string of the molecule is CC(CNCCc1ccco1)C(=O)O. The largest absolute Gasteiger partial charge is 0.481 e. The first-order chi connectivity index (χ1) is 6.70. The maximum atomic E-state index is 10.5. The van der Waals surface area contributed by atoms with Crippen LogP contribution < -0.4 is 5.32 Å². The van der Waals surface area contributed by atoms with Crippen LogP contribution in [0.25, 0.3) is 0 Å². The van der Waals surface area contributed by atoms with E-state index in [0.29, 0.717) is 6.54 Å². The van der Waals surface area contributed by atoms with Crippen molar-refractivity contribution in [1.82, 2.24) is 5.32 Å². The molecule has 1 aromatic rings. The van der Waals surface area contributed by atoms with E-state index in [9.17, 15) is 4.79 Å². The lowest BCUT2D eigenvalue weighted by Crippen LogP contribution is -2.27. The molecule has 0 aliphatic heterocycles. The fourth-order valence-electron chi connectivity index (χ4n) is 1.07. The van der Waals surface area contributed by atoms with E-state index >= 15 is 0 Å². The van der Waals surface area contributed by atoms with Gasteiger partial charge in [-0.2, -0.15) is 0 Å². The average Bonchev–Trinajstić information content (AvgIpc) is 2.64. The monoisotopic (exact) mass is 197 g/mol. The van der Waals surface area contributed by atoms with Crippen molar-refractivity contribution in [3.05, 3.63) is 24.2 Å². The molecule has 4 nitrogen and oxygen atoms in total. The molecule has 1 rings (SSSR count). The molecule has 0 spiro atoms. The van der Waals surface area contributed by atoms with E-state index in [1.54, 1.807) is 13.2 Å². The van der Waals surface area contributed by atoms with Gasteiger partial charge in [-0.05, 0) is 12.1 Å². The minimum absolute atomic E-state index is 0.341. The molecule has 0 saturated carbocycles. The van der Waals surface area contributed by atoms with Crippen LogP contribution in [0.2, 0.25) is 0 Å². The van der Waals surface area contributed by atoms with E-state index in [4.69, 9.17) is 9.52 Å². The van der Waals surface area contributed by atoms with Gasteiger partial charge >= 0.3 is 5.97 Å². The van der Waals surface area contributed by atoms with Gasteiger partial charge in [0.25, 0.3) is 0 Å². The van der Waals surface area contributed by atoms with Crippen LogP contribution in [-0.2, 0) is 11.2 Å². The summed E-state index contributed by atoms with van der Waals surface area (Å²) < 4.78 is 5.13. The van der Waals surface area contributed by atoms with Crippen LogP contribution in [-0.4, -0.2) is 24.2 Å². The highest BCUT2D eigenvalue weighted by molar-refractivity contribution is 5.69. The van der Waals surface area contributed by atoms with Crippen molar-refractivity contribution in [2.24, 2.45) is 5.92 Å². The molecule has 1 atom stereocenters. The fourth-order valence-corrected chi connectivity index (χ4v) is 1.07. The van der Waals surface area contributed by atoms with E-state index in [2.05, 4.69) is 5.32 Å². The zero-order valence-electron chi connectivity index (χ0n) is 8.19. The quantitative estimate of drug-likeness (QED) is 0.671. The van der Waals surface area contributed by atoms with Crippen molar-refractivity contribution >= 4 is 5.97 Å². The van der Waals surface area contributed by atoms with Crippen LogP contribution in [0.15, 0.2) is 22.8 Å². The van der Waals surface area contributed by atoms with Gasteiger partial charge < -0.3 is 14.8 Å². The third kappa shape index (κ3) is 3.62. The van der Waals surface area contributed by atoms with Crippen molar-refractivity contribution in [3.63, 3.8) is 0 Å². The molecule has 0 aromatic carbocycles. The smallest absolute Gasteiger partial charge is 0.307 e. The molecule has 0 saturated heterocycles. The second-order valence-corrected chi connectivity index (χ2v) is 3.27. The zero-order chi connectivity index (χ0) is 10.4. The molecule has 1 aromatic heterocycles. The number of carboxylic acid groups (broad SMARTS) is 1. The number of carboxylic acids is 1. The predicted molar refractivity (Wildman–Crippen MR) is 52.1 cm³/mol. The summed E-state index contributed by atoms with van der Waals surface area (Å²) in [6.07, 6.45) is 2.43. The van der Waals surface area contributed by atoms with Crippen LogP contribution >= 0.6 is 0 Å². The number of carbonyl (C=O) groups is 1. The van der Waals surface area contributed by atoms with Crippen molar-refractivity contribution in [2.75, 3.05) is 13.1 Å². The van der Waals surface area contributed by atoms with Gasteiger partial charge in [-0.3, -0.25) is 4.79 Å². The second kappa shape index (κ2) is 5.44. The first-order valence-electron chi connectivity index (χ1n) is 4.66. The molecule has 1 unspecified atom stereocenters. The Morgan fingerprint density at radius 1 is 1.71 bits per heavy atom. The number of nitrogens with one attached hydrogen (secondary N) is 1. The molecule has 0 bridgehead atoms. The Morgan fingerprint density at radius 2 is 2.50 bits per heavy atom. The Balaban J connectivity index is 2.08. The zero-order valence-corrected chi connectivity index (χ0v) is 8.19. The summed E-state index contributed by atoms with van der Waals surface area (Å²) >= 11 is 0. The summed E-state index contributed by atoms with van der Waals surface area (Å²) in [6.45, 7) is 2.92. The third-order valence-electron chi connectivity index (χ3n) is 2.00. The van der Waals surface area contributed by atoms with E-state index < -0.39 is 5.97 Å². The summed E-state index contributed by atoms with van der Waals surface area (Å²) in [5, 5.41) is 11.7. The van der Waals surface area contributed by atoms with Gasteiger partial charge in [0, 0.05) is 19.5 Å². The van der Waals surface area contributed by atoms with E-state index in [0.717, 1.165) is 18.7 Å². The average molecular weight is 197 g/mol. The molecule has 0 aliphatic rings. The first-order valence-corrected chi connectivity index (χ1v) is 4.66. The van der Waals surface area contributed by atoms with Gasteiger partial charge in [0.15, 0.2) is 0 Å². The molecule has 78 valence electrons. The Kier molecular flexibility index (Phi) is 4.19. The Labute approximate surface area is 82.9 Å². The van der Waals surface area contributed by atoms with Crippen molar-refractivity contribution in [1.29, 1.82) is 0 Å². The summed E-state index contributed by atoms with van der Waals surface area (Å²) in [5.74, 6) is -0.192. The highest BCUT2D eigenvalue weighted by atomic mass is 16.4. The van der Waals surface area contributed by atoms with E-state index in [1.165, 1.54) is 0 Å². The molecule has 0 amide bonds. The predicted octanol–water partition coefficient (Wildman–Crippen LogP) is 1.13.